The minimum atomic E-state index is -0.824. The Morgan fingerprint density at radius 3 is 2.51 bits per heavy atom. The molecule has 0 aliphatic carbocycles. The van der Waals surface area contributed by atoms with Crippen LogP contribution in [0.1, 0.15) is 68.9 Å². The first kappa shape index (κ1) is 50.4. The van der Waals surface area contributed by atoms with Crippen LogP contribution in [-0.4, -0.2) is 140 Å². The molecule has 4 aliphatic heterocycles. The van der Waals surface area contributed by atoms with Crippen LogP contribution in [0, 0.1) is 24.6 Å². The van der Waals surface area contributed by atoms with Crippen molar-refractivity contribution in [3.05, 3.63) is 101 Å². The molecule has 3 aromatic carbocycles. The second-order valence-electron chi connectivity index (χ2n) is 20.9. The Kier molecular flexibility index (Phi) is 14.6. The zero-order valence-corrected chi connectivity index (χ0v) is 43.3. The van der Waals surface area contributed by atoms with Gasteiger partial charge in [0.1, 0.15) is 41.3 Å². The maximum Gasteiger partial charge on any atom is 0.319 e. The van der Waals surface area contributed by atoms with Crippen molar-refractivity contribution >= 4 is 50.6 Å². The highest BCUT2D eigenvalue weighted by Crippen LogP contribution is 2.39. The molecule has 8 heterocycles. The van der Waals surface area contributed by atoms with Crippen LogP contribution in [0.4, 0.5) is 10.2 Å². The molecular formula is C56H63FN10O7S. The molecule has 5 atom stereocenters. The quantitative estimate of drug-likeness (QED) is 0.0708. The number of hydrogen-bond donors (Lipinski definition) is 4. The lowest BCUT2D eigenvalue weighted by atomic mass is 9.91. The third kappa shape index (κ3) is 10.9. The average molecular weight is 1040 g/mol. The number of benzene rings is 3. The van der Waals surface area contributed by atoms with Gasteiger partial charge in [0, 0.05) is 69.1 Å². The number of anilines is 1. The molecule has 11 rings (SSSR count). The fourth-order valence-electron chi connectivity index (χ4n) is 11.4. The number of phenolic OH excluding ortho intramolecular Hbond substituents is 1. The maximum absolute atomic E-state index is 16.9. The van der Waals surface area contributed by atoms with Gasteiger partial charge in [-0.2, -0.15) is 9.97 Å². The van der Waals surface area contributed by atoms with Crippen LogP contribution in [0.3, 0.4) is 0 Å². The molecule has 19 heteroatoms. The molecule has 0 saturated carbocycles. The second-order valence-corrected chi connectivity index (χ2v) is 21.8. The number of pyridine rings is 1. The zero-order chi connectivity index (χ0) is 51.7. The number of aliphatic hydroxyl groups is 1. The number of thiazole rings is 1. The Balaban J connectivity index is 0.679. The number of hydrogen-bond acceptors (Lipinski definition) is 16. The van der Waals surface area contributed by atoms with Gasteiger partial charge in [-0.05, 0) is 103 Å². The van der Waals surface area contributed by atoms with Crippen molar-refractivity contribution < 1.29 is 38.2 Å². The molecule has 0 spiro atoms. The molecule has 4 unspecified atom stereocenters. The summed E-state index contributed by atoms with van der Waals surface area (Å²) in [4.78, 5) is 53.4. The first-order chi connectivity index (χ1) is 36.4. The normalized spacial score (nSPS) is 20.6. The summed E-state index contributed by atoms with van der Waals surface area (Å²) >= 11 is 1.61. The van der Waals surface area contributed by atoms with E-state index >= 15 is 4.39 Å². The number of piperazine rings is 1. The Morgan fingerprint density at radius 1 is 0.960 bits per heavy atom. The number of fused-ring (bicyclic) bond motifs is 4. The maximum atomic E-state index is 16.9. The molecule has 75 heavy (non-hydrogen) atoms. The molecule has 4 aliphatic rings. The fraction of sp³-hybridized carbons (Fsp3) is 0.446. The van der Waals surface area contributed by atoms with Crippen LogP contribution in [-0.2, 0) is 16.0 Å². The topological polar surface area (TPSA) is 204 Å². The van der Waals surface area contributed by atoms with Gasteiger partial charge in [0.2, 0.25) is 11.8 Å². The van der Waals surface area contributed by atoms with Crippen molar-refractivity contribution in [2.45, 2.75) is 89.4 Å². The molecule has 17 nitrogen and oxygen atoms in total. The van der Waals surface area contributed by atoms with Crippen LogP contribution >= 0.6 is 11.3 Å². The summed E-state index contributed by atoms with van der Waals surface area (Å²) in [5, 5.41) is 34.2. The second kappa shape index (κ2) is 21.8. The van der Waals surface area contributed by atoms with Crippen LogP contribution in [0.25, 0.3) is 43.4 Å². The first-order valence-electron chi connectivity index (χ1n) is 26.2. The van der Waals surface area contributed by atoms with Gasteiger partial charge >= 0.3 is 6.01 Å². The van der Waals surface area contributed by atoms with Gasteiger partial charge in [-0.1, -0.05) is 62.4 Å². The SMILES string of the molecule is Cc1ncsc1-c1ccc(CCNC(=O)C2CC(O)CN2C(=O)[C@H](c2cc(OCC3CCN(CCOc4nc(N5CC6CCC(C5)N6)c5cnc(-c6cc(O)cc7ccccc67)c(F)c5n4)CC3)no2)C(C)C)cc1. The Bertz CT molecular complexity index is 3170. The van der Waals surface area contributed by atoms with Gasteiger partial charge in [0.25, 0.3) is 5.88 Å². The third-order valence-corrected chi connectivity index (χ3v) is 16.3. The summed E-state index contributed by atoms with van der Waals surface area (Å²) in [5.41, 5.74) is 5.72. The summed E-state index contributed by atoms with van der Waals surface area (Å²) in [6.45, 7) is 10.7. The van der Waals surface area contributed by atoms with Crippen LogP contribution in [0.15, 0.2) is 83.0 Å². The summed E-state index contributed by atoms with van der Waals surface area (Å²) in [6.07, 6.45) is 5.50. The Hall–Kier alpha value is -6.80. The number of amides is 2. The molecule has 4 N–H and O–H groups in total. The number of piperidine rings is 1. The van der Waals surface area contributed by atoms with Crippen LogP contribution in [0.5, 0.6) is 17.6 Å². The number of halogens is 1. The van der Waals surface area contributed by atoms with E-state index in [4.69, 9.17) is 19.0 Å². The van der Waals surface area contributed by atoms with Crippen LogP contribution < -0.4 is 25.0 Å². The largest absolute Gasteiger partial charge is 0.508 e. The zero-order valence-electron chi connectivity index (χ0n) is 42.5. The molecule has 0 radical (unpaired) electrons. The van der Waals surface area contributed by atoms with E-state index in [1.165, 1.54) is 11.0 Å². The number of aromatic hydroxyl groups is 1. The molecule has 2 bridgehead atoms. The van der Waals surface area contributed by atoms with Gasteiger partial charge in [0.15, 0.2) is 11.6 Å². The number of nitrogens with zero attached hydrogens (tertiary/aromatic N) is 8. The van der Waals surface area contributed by atoms with Gasteiger partial charge in [-0.3, -0.25) is 19.5 Å². The van der Waals surface area contributed by atoms with E-state index in [1.807, 2.05) is 50.5 Å². The monoisotopic (exact) mass is 1040 g/mol. The Morgan fingerprint density at radius 2 is 1.75 bits per heavy atom. The number of carbonyl (C=O) groups is 2. The summed E-state index contributed by atoms with van der Waals surface area (Å²) in [5.74, 6) is -0.584. The van der Waals surface area contributed by atoms with Gasteiger partial charge in [-0.25, -0.2) is 9.37 Å². The number of carbonyl (C=O) groups excluding carboxylic acids is 2. The van der Waals surface area contributed by atoms with Crippen LogP contribution in [0.2, 0.25) is 0 Å². The smallest absolute Gasteiger partial charge is 0.319 e. The van der Waals surface area contributed by atoms with Crippen molar-refractivity contribution in [3.63, 3.8) is 0 Å². The van der Waals surface area contributed by atoms with Gasteiger partial charge < -0.3 is 44.6 Å². The minimum absolute atomic E-state index is 0.0202. The summed E-state index contributed by atoms with van der Waals surface area (Å²) in [7, 11) is 0. The van der Waals surface area contributed by atoms with Crippen molar-refractivity contribution in [1.82, 2.24) is 45.5 Å². The number of aromatic nitrogens is 5. The molecule has 4 aromatic heterocycles. The van der Waals surface area contributed by atoms with E-state index in [-0.39, 0.29) is 59.6 Å². The molecular weight excluding hydrogens is 976 g/mol. The number of ether oxygens (including phenoxy) is 2. The predicted molar refractivity (Wildman–Crippen MR) is 283 cm³/mol. The molecule has 4 saturated heterocycles. The van der Waals surface area contributed by atoms with E-state index < -0.39 is 23.9 Å². The van der Waals surface area contributed by atoms with E-state index in [0.29, 0.717) is 73.2 Å². The lowest BCUT2D eigenvalue weighted by Gasteiger charge is -2.34. The number of β-amino-alcohol motifs (C(OH)–C–C–N with tert-alkyl or cyclic N) is 1. The van der Waals surface area contributed by atoms with E-state index in [0.717, 1.165) is 84.3 Å². The number of phenols is 1. The van der Waals surface area contributed by atoms with Gasteiger partial charge in [0.05, 0.1) is 34.2 Å². The lowest BCUT2D eigenvalue weighted by molar-refractivity contribution is -0.140. The number of rotatable bonds is 17. The van der Waals surface area contributed by atoms with E-state index in [1.54, 1.807) is 29.7 Å². The first-order valence-corrected chi connectivity index (χ1v) is 27.1. The van der Waals surface area contributed by atoms with E-state index in [2.05, 4.69) is 64.8 Å². The standard InChI is InChI=1S/C56H63FN10O7S/c1-32(2)48(55(71)67-29-41(69)24-45(67)54(70)58-17-14-34-8-10-36(11-9-34)52-33(3)60-31-75-52)46-25-47(64-74-46)73-30-35-15-18-65(19-16-35)20-21-72-56-62-51-44(53(63-56)66-27-38-12-13-39(28-66)61-38)26-59-50(49(51)57)43-23-40(68)22-37-6-4-5-7-42(37)43/h4-11,22-23,25-26,31-32,35,38-39,41,45,48,61,68-69H,12-21,24,27-30H2,1-3H3,(H,58,70)/t38?,39?,41?,45?,48-/m0/s1. The molecule has 2 amide bonds. The average Bonchev–Trinajstić information content (AvgIpc) is 4.23. The highest BCUT2D eigenvalue weighted by molar-refractivity contribution is 7.13. The van der Waals surface area contributed by atoms with Gasteiger partial charge in [-0.15, -0.1) is 11.3 Å². The number of aryl methyl sites for hydroxylation is 1. The summed E-state index contributed by atoms with van der Waals surface area (Å²) in [6, 6.07) is 20.6. The minimum Gasteiger partial charge on any atom is -0.508 e. The summed E-state index contributed by atoms with van der Waals surface area (Å²) < 4.78 is 35.0. The van der Waals surface area contributed by atoms with E-state index in [9.17, 15) is 19.8 Å². The molecule has 392 valence electrons. The highest BCUT2D eigenvalue weighted by Gasteiger charge is 2.43. The van der Waals surface area contributed by atoms with Crippen molar-refractivity contribution in [1.29, 1.82) is 0 Å². The third-order valence-electron chi connectivity index (χ3n) is 15.4. The number of nitrogens with one attached hydrogen (secondary N) is 2. The van der Waals surface area contributed by atoms with Crippen molar-refractivity contribution in [3.8, 4) is 39.3 Å². The number of aliphatic hydroxyl groups excluding tert-OH is 1. The highest BCUT2D eigenvalue weighted by atomic mass is 32.1. The van der Waals surface area contributed by atoms with Crippen molar-refractivity contribution in [2.75, 3.05) is 63.9 Å². The lowest BCUT2D eigenvalue weighted by Crippen LogP contribution is -2.51. The number of likely N-dealkylation sites (tertiary alicyclic amines) is 2. The molecule has 4 fully saturated rings. The van der Waals surface area contributed by atoms with Crippen molar-refractivity contribution in [2.24, 2.45) is 11.8 Å². The predicted octanol–water partition coefficient (Wildman–Crippen LogP) is 7.28. The molecule has 7 aromatic rings. The Labute approximate surface area is 438 Å². The fourth-order valence-corrected chi connectivity index (χ4v) is 12.2.